The first kappa shape index (κ1) is 19.0. The van der Waals surface area contributed by atoms with Gasteiger partial charge in [0.1, 0.15) is 0 Å². The molecule has 5 nitrogen and oxygen atoms in total. The summed E-state index contributed by atoms with van der Waals surface area (Å²) in [7, 11) is 0. The van der Waals surface area contributed by atoms with E-state index in [0.29, 0.717) is 10.5 Å². The molecule has 3 aromatic carbocycles. The number of benzene rings is 3. The van der Waals surface area contributed by atoms with Gasteiger partial charge in [-0.25, -0.2) is 0 Å². The molecule has 6 heteroatoms. The number of amides is 3. The maximum atomic E-state index is 12.5. The molecule has 3 amide bonds. The summed E-state index contributed by atoms with van der Waals surface area (Å²) in [5, 5.41) is 4.51. The number of hydrogen-bond acceptors (Lipinski definition) is 4. The number of carbonyl (C=O) groups is 3. The first-order chi connectivity index (χ1) is 14.1. The van der Waals surface area contributed by atoms with Crippen molar-refractivity contribution in [1.29, 1.82) is 0 Å². The van der Waals surface area contributed by atoms with Crippen molar-refractivity contribution in [2.75, 3.05) is 13.1 Å². The van der Waals surface area contributed by atoms with Gasteiger partial charge in [0.25, 0.3) is 17.1 Å². The highest BCUT2D eigenvalue weighted by Crippen LogP contribution is 2.31. The first-order valence-corrected chi connectivity index (χ1v) is 10.0. The zero-order valence-corrected chi connectivity index (χ0v) is 16.3. The molecule has 144 valence electrons. The lowest BCUT2D eigenvalue weighted by Crippen LogP contribution is -2.37. The van der Waals surface area contributed by atoms with Gasteiger partial charge in [0, 0.05) is 18.7 Å². The van der Waals surface area contributed by atoms with Crippen molar-refractivity contribution in [3.63, 3.8) is 0 Å². The molecule has 0 saturated carbocycles. The first-order valence-electron chi connectivity index (χ1n) is 9.19. The molecule has 1 aliphatic heterocycles. The number of rotatable bonds is 5. The molecule has 1 heterocycles. The van der Waals surface area contributed by atoms with E-state index in [-0.39, 0.29) is 30.1 Å². The summed E-state index contributed by atoms with van der Waals surface area (Å²) >= 11 is 0.919. The molecule has 0 bridgehead atoms. The normalized spacial score (nSPS) is 15.3. The fourth-order valence-corrected chi connectivity index (χ4v) is 3.97. The van der Waals surface area contributed by atoms with Crippen LogP contribution in [0.4, 0.5) is 4.79 Å². The summed E-state index contributed by atoms with van der Waals surface area (Å²) in [5.41, 5.74) is 1.41. The molecular weight excluding hydrogens is 384 g/mol. The smallest absolute Gasteiger partial charge is 0.293 e. The molecule has 1 fully saturated rings. The van der Waals surface area contributed by atoms with Gasteiger partial charge in [0.2, 0.25) is 0 Å². The fourth-order valence-electron chi connectivity index (χ4n) is 3.11. The summed E-state index contributed by atoms with van der Waals surface area (Å²) < 4.78 is 0. The van der Waals surface area contributed by atoms with Crippen LogP contribution in [0, 0.1) is 0 Å². The van der Waals surface area contributed by atoms with E-state index in [1.54, 1.807) is 12.1 Å². The van der Waals surface area contributed by atoms with Gasteiger partial charge in [0.15, 0.2) is 0 Å². The lowest BCUT2D eigenvalue weighted by atomic mass is 10.1. The molecule has 3 aromatic rings. The monoisotopic (exact) mass is 402 g/mol. The quantitative estimate of drug-likeness (QED) is 0.646. The highest BCUT2D eigenvalue weighted by atomic mass is 32.2. The highest BCUT2D eigenvalue weighted by molar-refractivity contribution is 8.18. The van der Waals surface area contributed by atoms with Gasteiger partial charge in [-0.3, -0.25) is 19.3 Å². The fraction of sp³-hybridized carbons (Fsp3) is 0.0870. The van der Waals surface area contributed by atoms with Crippen molar-refractivity contribution >= 4 is 45.7 Å². The van der Waals surface area contributed by atoms with Crippen LogP contribution in [0.1, 0.15) is 15.9 Å². The van der Waals surface area contributed by atoms with E-state index < -0.39 is 0 Å². The van der Waals surface area contributed by atoms with Gasteiger partial charge in [-0.2, -0.15) is 0 Å². The average Bonchev–Trinajstić information content (AvgIpc) is 3.01. The van der Waals surface area contributed by atoms with Crippen LogP contribution in [0.15, 0.2) is 77.7 Å². The van der Waals surface area contributed by atoms with Crippen LogP contribution in [0.2, 0.25) is 0 Å². The second-order valence-electron chi connectivity index (χ2n) is 6.56. The summed E-state index contributed by atoms with van der Waals surface area (Å²) in [6.07, 6.45) is 1.71. The molecule has 4 rings (SSSR count). The molecule has 0 atom stereocenters. The molecule has 0 unspecified atom stereocenters. The maximum absolute atomic E-state index is 12.5. The van der Waals surface area contributed by atoms with E-state index in [2.05, 4.69) is 5.32 Å². The summed E-state index contributed by atoms with van der Waals surface area (Å²) in [5.74, 6) is -0.564. The van der Waals surface area contributed by atoms with E-state index in [0.717, 1.165) is 28.1 Å². The Balaban J connectivity index is 1.37. The molecule has 1 aliphatic rings. The molecule has 29 heavy (non-hydrogen) atoms. The van der Waals surface area contributed by atoms with Crippen molar-refractivity contribution in [1.82, 2.24) is 10.2 Å². The van der Waals surface area contributed by atoms with Crippen LogP contribution < -0.4 is 5.32 Å². The Kier molecular flexibility index (Phi) is 5.44. The second-order valence-corrected chi connectivity index (χ2v) is 7.56. The van der Waals surface area contributed by atoms with Crippen LogP contribution in [0.25, 0.3) is 16.8 Å². The van der Waals surface area contributed by atoms with Gasteiger partial charge in [-0.1, -0.05) is 60.7 Å². The molecule has 0 radical (unpaired) electrons. The zero-order valence-electron chi connectivity index (χ0n) is 15.5. The molecule has 0 aromatic heterocycles. The van der Waals surface area contributed by atoms with E-state index in [9.17, 15) is 14.4 Å². The Bertz CT molecular complexity index is 1130. The van der Waals surface area contributed by atoms with Crippen molar-refractivity contribution in [3.8, 4) is 0 Å². The Labute approximate surface area is 172 Å². The lowest BCUT2D eigenvalue weighted by molar-refractivity contribution is -0.122. The third-order valence-corrected chi connectivity index (χ3v) is 5.51. The summed E-state index contributed by atoms with van der Waals surface area (Å²) in [4.78, 5) is 38.7. The largest absolute Gasteiger partial charge is 0.350 e. The number of thioether (sulfide) groups is 1. The predicted molar refractivity (Wildman–Crippen MR) is 115 cm³/mol. The van der Waals surface area contributed by atoms with Crippen LogP contribution in [-0.2, 0) is 4.79 Å². The molecule has 1 saturated heterocycles. The topological polar surface area (TPSA) is 66.5 Å². The maximum Gasteiger partial charge on any atom is 0.293 e. The molecule has 0 spiro atoms. The number of nitrogens with one attached hydrogen (secondary N) is 1. The summed E-state index contributed by atoms with van der Waals surface area (Å²) in [6.45, 7) is 0.332. The van der Waals surface area contributed by atoms with E-state index in [1.165, 1.54) is 4.90 Å². The number of fused-ring (bicyclic) bond motifs is 1. The minimum atomic E-state index is -0.330. The van der Waals surface area contributed by atoms with Gasteiger partial charge >= 0.3 is 0 Å². The van der Waals surface area contributed by atoms with E-state index in [4.69, 9.17) is 0 Å². The van der Waals surface area contributed by atoms with Gasteiger partial charge in [-0.15, -0.1) is 0 Å². The number of carbonyl (C=O) groups excluding carboxylic acids is 3. The van der Waals surface area contributed by atoms with Gasteiger partial charge in [0.05, 0.1) is 4.91 Å². The average molecular weight is 402 g/mol. The van der Waals surface area contributed by atoms with Gasteiger partial charge < -0.3 is 5.32 Å². The zero-order chi connectivity index (χ0) is 20.2. The van der Waals surface area contributed by atoms with Crippen molar-refractivity contribution < 1.29 is 14.4 Å². The predicted octanol–water partition coefficient (Wildman–Crippen LogP) is 4.31. The van der Waals surface area contributed by atoms with Crippen molar-refractivity contribution in [3.05, 3.63) is 88.8 Å². The SMILES string of the molecule is O=C(NCCN1C(=O)S/C(=C\c2ccccc2)C1=O)c1ccc2ccccc2c1. The minimum Gasteiger partial charge on any atom is -0.350 e. The van der Waals surface area contributed by atoms with Crippen LogP contribution in [-0.4, -0.2) is 35.0 Å². The van der Waals surface area contributed by atoms with Crippen molar-refractivity contribution in [2.24, 2.45) is 0 Å². The Morgan fingerprint density at radius 1 is 0.931 bits per heavy atom. The third-order valence-electron chi connectivity index (χ3n) is 4.60. The Hall–Kier alpha value is -3.38. The standard InChI is InChI=1S/C23H18N2O3S/c26-21(19-11-10-17-8-4-5-9-18(17)15-19)24-12-13-25-22(27)20(29-23(25)28)14-16-6-2-1-3-7-16/h1-11,14-15H,12-13H2,(H,24,26)/b20-14-. The van der Waals surface area contributed by atoms with Crippen LogP contribution in [0.3, 0.4) is 0 Å². The minimum absolute atomic E-state index is 0.135. The Morgan fingerprint density at radius 2 is 1.66 bits per heavy atom. The number of nitrogens with zero attached hydrogens (tertiary/aromatic N) is 1. The molecule has 0 aliphatic carbocycles. The summed E-state index contributed by atoms with van der Waals surface area (Å²) in [6, 6.07) is 22.7. The highest BCUT2D eigenvalue weighted by Gasteiger charge is 2.34. The van der Waals surface area contributed by atoms with Crippen LogP contribution in [0.5, 0.6) is 0 Å². The Morgan fingerprint density at radius 3 is 2.45 bits per heavy atom. The van der Waals surface area contributed by atoms with E-state index >= 15 is 0 Å². The lowest BCUT2D eigenvalue weighted by Gasteiger charge is -2.13. The van der Waals surface area contributed by atoms with Crippen LogP contribution >= 0.6 is 11.8 Å². The second kappa shape index (κ2) is 8.32. The van der Waals surface area contributed by atoms with E-state index in [1.807, 2.05) is 66.7 Å². The van der Waals surface area contributed by atoms with Gasteiger partial charge in [-0.05, 0) is 46.3 Å². The van der Waals surface area contributed by atoms with Crippen molar-refractivity contribution in [2.45, 2.75) is 0 Å². The number of imide groups is 1. The third kappa shape index (κ3) is 4.22. The molecule has 1 N–H and O–H groups in total. The number of hydrogen-bond donors (Lipinski definition) is 1. The molecular formula is C23H18N2O3S.